The number of esters is 1. The molecule has 1 aromatic rings. The highest BCUT2D eigenvalue weighted by molar-refractivity contribution is 7.89. The number of carbonyl (C=O) groups is 1. The van der Waals surface area contributed by atoms with Crippen LogP contribution in [0.5, 0.6) is 0 Å². The van der Waals surface area contributed by atoms with Gasteiger partial charge < -0.3 is 9.84 Å². The van der Waals surface area contributed by atoms with Gasteiger partial charge in [0.1, 0.15) is 9.77 Å². The first kappa shape index (κ1) is 18.1. The molecule has 0 fully saturated rings. The standard InChI is InChI=1S/C13H21NO5S2/c1-3-4-10(5-7-15)9-14-21(17,18)11-6-8-20-12(11)13(16)19-2/h6,8,10,14-15H,3-5,7,9H2,1-2H3. The third-order valence-corrected chi connectivity index (χ3v) is 5.58. The third-order valence-electron chi connectivity index (χ3n) is 3.09. The Kier molecular flexibility index (Phi) is 7.30. The van der Waals surface area contributed by atoms with E-state index < -0.39 is 16.0 Å². The first-order valence-electron chi connectivity index (χ1n) is 6.72. The van der Waals surface area contributed by atoms with Gasteiger partial charge in [0.25, 0.3) is 0 Å². The zero-order chi connectivity index (χ0) is 15.9. The Bertz CT molecular complexity index is 547. The molecule has 0 amide bonds. The van der Waals surface area contributed by atoms with Crippen molar-refractivity contribution < 1.29 is 23.1 Å². The summed E-state index contributed by atoms with van der Waals surface area (Å²) < 4.78 is 31.6. The van der Waals surface area contributed by atoms with Gasteiger partial charge in [-0.3, -0.25) is 0 Å². The van der Waals surface area contributed by atoms with E-state index >= 15 is 0 Å². The van der Waals surface area contributed by atoms with Gasteiger partial charge in [0, 0.05) is 13.2 Å². The van der Waals surface area contributed by atoms with Crippen LogP contribution in [0.25, 0.3) is 0 Å². The van der Waals surface area contributed by atoms with Crippen molar-refractivity contribution in [1.82, 2.24) is 4.72 Å². The summed E-state index contributed by atoms with van der Waals surface area (Å²) in [6.07, 6.45) is 2.29. The molecule has 1 atom stereocenters. The van der Waals surface area contributed by atoms with Crippen LogP contribution < -0.4 is 4.72 Å². The molecule has 0 aromatic carbocycles. The number of ether oxygens (including phenoxy) is 1. The molecule has 1 heterocycles. The Morgan fingerprint density at radius 2 is 2.19 bits per heavy atom. The summed E-state index contributed by atoms with van der Waals surface area (Å²) in [6.45, 7) is 2.28. The van der Waals surface area contributed by atoms with Gasteiger partial charge in [-0.05, 0) is 30.2 Å². The van der Waals surface area contributed by atoms with Crippen LogP contribution in [0.3, 0.4) is 0 Å². The normalized spacial score (nSPS) is 13.1. The lowest BCUT2D eigenvalue weighted by Gasteiger charge is -2.15. The minimum absolute atomic E-state index is 0.0260. The average molecular weight is 335 g/mol. The molecule has 0 bridgehead atoms. The van der Waals surface area contributed by atoms with Crippen LogP contribution in [-0.2, 0) is 14.8 Å². The molecule has 0 aliphatic carbocycles. The van der Waals surface area contributed by atoms with Gasteiger partial charge in [-0.15, -0.1) is 11.3 Å². The zero-order valence-electron chi connectivity index (χ0n) is 12.2. The molecule has 0 aliphatic rings. The number of nitrogens with one attached hydrogen (secondary N) is 1. The van der Waals surface area contributed by atoms with Gasteiger partial charge in [-0.25, -0.2) is 17.9 Å². The summed E-state index contributed by atoms with van der Waals surface area (Å²) in [5.74, 6) is -0.583. The largest absolute Gasteiger partial charge is 0.465 e. The maximum atomic E-state index is 12.3. The fraction of sp³-hybridized carbons (Fsp3) is 0.615. The molecule has 1 rings (SSSR count). The predicted octanol–water partition coefficient (Wildman–Crippen LogP) is 1.61. The Hall–Kier alpha value is -0.960. The minimum Gasteiger partial charge on any atom is -0.465 e. The summed E-state index contributed by atoms with van der Waals surface area (Å²) >= 11 is 1.03. The first-order chi connectivity index (χ1) is 9.96. The monoisotopic (exact) mass is 335 g/mol. The van der Waals surface area contributed by atoms with E-state index in [0.29, 0.717) is 6.42 Å². The molecular weight excluding hydrogens is 314 g/mol. The second-order valence-electron chi connectivity index (χ2n) is 4.62. The molecule has 0 aliphatic heterocycles. The molecule has 0 spiro atoms. The maximum Gasteiger partial charge on any atom is 0.349 e. The van der Waals surface area contributed by atoms with Crippen molar-refractivity contribution >= 4 is 27.3 Å². The molecule has 0 saturated carbocycles. The quantitative estimate of drug-likeness (QED) is 0.669. The van der Waals surface area contributed by atoms with E-state index in [4.69, 9.17) is 5.11 Å². The molecule has 1 unspecified atom stereocenters. The topological polar surface area (TPSA) is 92.7 Å². The molecule has 21 heavy (non-hydrogen) atoms. The fourth-order valence-corrected chi connectivity index (χ4v) is 4.44. The SMILES string of the molecule is CCCC(CCO)CNS(=O)(=O)c1ccsc1C(=O)OC. The number of aliphatic hydroxyl groups excluding tert-OH is 1. The second kappa shape index (κ2) is 8.47. The van der Waals surface area contributed by atoms with Crippen LogP contribution in [0.4, 0.5) is 0 Å². The van der Waals surface area contributed by atoms with Crippen LogP contribution in [0.1, 0.15) is 35.9 Å². The smallest absolute Gasteiger partial charge is 0.349 e. The Labute approximate surface area is 129 Å². The molecule has 0 radical (unpaired) electrons. The van der Waals surface area contributed by atoms with Crippen molar-refractivity contribution in [2.24, 2.45) is 5.92 Å². The lowest BCUT2D eigenvalue weighted by molar-refractivity contribution is 0.0602. The van der Waals surface area contributed by atoms with Gasteiger partial charge in [-0.1, -0.05) is 13.3 Å². The molecule has 0 saturated heterocycles. The lowest BCUT2D eigenvalue weighted by Crippen LogP contribution is -2.30. The van der Waals surface area contributed by atoms with Gasteiger partial charge in [0.05, 0.1) is 7.11 Å². The summed E-state index contributed by atoms with van der Waals surface area (Å²) in [4.78, 5) is 11.6. The molecule has 1 aromatic heterocycles. The van der Waals surface area contributed by atoms with Crippen LogP contribution >= 0.6 is 11.3 Å². The van der Waals surface area contributed by atoms with E-state index in [2.05, 4.69) is 9.46 Å². The predicted molar refractivity (Wildman–Crippen MR) is 80.9 cm³/mol. The number of methoxy groups -OCH3 is 1. The number of hydrogen-bond acceptors (Lipinski definition) is 6. The van der Waals surface area contributed by atoms with Gasteiger partial charge >= 0.3 is 5.97 Å². The fourth-order valence-electron chi connectivity index (χ4n) is 2.00. The summed E-state index contributed by atoms with van der Waals surface area (Å²) in [5.41, 5.74) is 0. The Morgan fingerprint density at radius 3 is 2.76 bits per heavy atom. The van der Waals surface area contributed by atoms with Crippen molar-refractivity contribution in [3.05, 3.63) is 16.3 Å². The second-order valence-corrected chi connectivity index (χ2v) is 7.28. The summed E-state index contributed by atoms with van der Waals surface area (Å²) in [5, 5.41) is 10.5. The first-order valence-corrected chi connectivity index (χ1v) is 9.08. The molecule has 6 nitrogen and oxygen atoms in total. The zero-order valence-corrected chi connectivity index (χ0v) is 13.8. The molecule has 8 heteroatoms. The minimum atomic E-state index is -3.76. The average Bonchev–Trinajstić information content (AvgIpc) is 2.95. The van der Waals surface area contributed by atoms with Crippen molar-refractivity contribution in [3.8, 4) is 0 Å². The van der Waals surface area contributed by atoms with Crippen LogP contribution in [-0.4, -0.2) is 39.8 Å². The van der Waals surface area contributed by atoms with Gasteiger partial charge in [0.15, 0.2) is 0 Å². The van der Waals surface area contributed by atoms with E-state index in [0.717, 1.165) is 24.2 Å². The van der Waals surface area contributed by atoms with E-state index in [1.807, 2.05) is 6.92 Å². The van der Waals surface area contributed by atoms with Gasteiger partial charge in [-0.2, -0.15) is 0 Å². The van der Waals surface area contributed by atoms with E-state index in [1.54, 1.807) is 0 Å². The number of rotatable bonds is 9. The highest BCUT2D eigenvalue weighted by Gasteiger charge is 2.25. The molecular formula is C13H21NO5S2. The van der Waals surface area contributed by atoms with Crippen molar-refractivity contribution in [2.75, 3.05) is 20.3 Å². The highest BCUT2D eigenvalue weighted by atomic mass is 32.2. The van der Waals surface area contributed by atoms with Gasteiger partial charge in [0.2, 0.25) is 10.0 Å². The number of sulfonamides is 1. The Morgan fingerprint density at radius 1 is 1.48 bits per heavy atom. The number of hydrogen-bond donors (Lipinski definition) is 2. The number of thiophene rings is 1. The van der Waals surface area contributed by atoms with E-state index in [-0.39, 0.29) is 28.8 Å². The third kappa shape index (κ3) is 5.06. The summed E-state index contributed by atoms with van der Waals surface area (Å²) in [6, 6.07) is 1.39. The highest BCUT2D eigenvalue weighted by Crippen LogP contribution is 2.23. The Balaban J connectivity index is 2.82. The lowest BCUT2D eigenvalue weighted by atomic mass is 10.0. The van der Waals surface area contributed by atoms with Crippen LogP contribution in [0.2, 0.25) is 0 Å². The van der Waals surface area contributed by atoms with Crippen molar-refractivity contribution in [2.45, 2.75) is 31.1 Å². The summed E-state index contributed by atoms with van der Waals surface area (Å²) in [7, 11) is -2.54. The van der Waals surface area contributed by atoms with Crippen molar-refractivity contribution in [1.29, 1.82) is 0 Å². The maximum absolute atomic E-state index is 12.3. The van der Waals surface area contributed by atoms with Crippen LogP contribution in [0, 0.1) is 5.92 Å². The number of aliphatic hydroxyl groups is 1. The van der Waals surface area contributed by atoms with E-state index in [1.165, 1.54) is 18.6 Å². The van der Waals surface area contributed by atoms with E-state index in [9.17, 15) is 13.2 Å². The molecule has 2 N–H and O–H groups in total. The molecule has 120 valence electrons. The number of carbonyl (C=O) groups excluding carboxylic acids is 1. The van der Waals surface area contributed by atoms with Crippen molar-refractivity contribution in [3.63, 3.8) is 0 Å². The van der Waals surface area contributed by atoms with Crippen LogP contribution in [0.15, 0.2) is 16.3 Å².